The molecule has 2 aliphatic rings. The summed E-state index contributed by atoms with van der Waals surface area (Å²) < 4.78 is 6.64. The van der Waals surface area contributed by atoms with E-state index in [-0.39, 0.29) is 11.9 Å². The number of likely N-dealkylation sites (tertiary alicyclic amines) is 2. The van der Waals surface area contributed by atoms with Crippen LogP contribution in [0, 0.1) is 13.8 Å². The smallest absolute Gasteiger partial charge is 0.305 e. The molecule has 31 heavy (non-hydrogen) atoms. The summed E-state index contributed by atoms with van der Waals surface area (Å²) in [4.78, 5) is 29.0. The molecule has 0 N–H and O–H groups in total. The fourth-order valence-electron chi connectivity index (χ4n) is 4.88. The van der Waals surface area contributed by atoms with Crippen LogP contribution in [-0.2, 0) is 16.0 Å². The first-order valence-electron chi connectivity index (χ1n) is 11.2. The number of carbonyl (C=O) groups is 2. The average Bonchev–Trinajstić information content (AvgIpc) is 3.53. The molecule has 1 aromatic carbocycles. The molecule has 4 rings (SSSR count). The Balaban J connectivity index is 1.43. The maximum Gasteiger partial charge on any atom is 0.305 e. The van der Waals surface area contributed by atoms with E-state index < -0.39 is 0 Å². The first kappa shape index (κ1) is 21.6. The van der Waals surface area contributed by atoms with Crippen LogP contribution < -0.4 is 0 Å². The zero-order valence-corrected chi connectivity index (χ0v) is 18.8. The second-order valence-corrected chi connectivity index (χ2v) is 8.62. The van der Waals surface area contributed by atoms with Gasteiger partial charge >= 0.3 is 5.97 Å². The summed E-state index contributed by atoms with van der Waals surface area (Å²) in [7, 11) is 1.41. The number of benzene rings is 1. The van der Waals surface area contributed by atoms with E-state index in [0.29, 0.717) is 18.9 Å². The van der Waals surface area contributed by atoms with Crippen molar-refractivity contribution < 1.29 is 14.3 Å². The molecule has 0 bridgehead atoms. The monoisotopic (exact) mass is 424 g/mol. The van der Waals surface area contributed by atoms with Gasteiger partial charge in [0.15, 0.2) is 0 Å². The maximum absolute atomic E-state index is 13.0. The van der Waals surface area contributed by atoms with Crippen molar-refractivity contribution in [2.75, 3.05) is 33.3 Å². The highest BCUT2D eigenvalue weighted by atomic mass is 16.5. The zero-order chi connectivity index (χ0) is 22.0. The number of methoxy groups -OCH3 is 1. The number of rotatable bonds is 6. The van der Waals surface area contributed by atoms with Gasteiger partial charge in [0.1, 0.15) is 0 Å². The van der Waals surface area contributed by atoms with Crippen molar-refractivity contribution in [3.63, 3.8) is 0 Å². The number of aromatic nitrogens is 2. The summed E-state index contributed by atoms with van der Waals surface area (Å²) >= 11 is 0. The number of hydrogen-bond acceptors (Lipinski definition) is 5. The fraction of sp³-hybridized carbons (Fsp3) is 0.542. The Morgan fingerprint density at radius 1 is 1.10 bits per heavy atom. The molecule has 2 aromatic rings. The molecule has 0 radical (unpaired) electrons. The van der Waals surface area contributed by atoms with Gasteiger partial charge in [-0.1, -0.05) is 0 Å². The van der Waals surface area contributed by atoms with Gasteiger partial charge in [0.25, 0.3) is 5.91 Å². The minimum atomic E-state index is -0.219. The Morgan fingerprint density at radius 2 is 1.81 bits per heavy atom. The van der Waals surface area contributed by atoms with Crippen molar-refractivity contribution in [1.29, 1.82) is 0 Å². The average molecular weight is 425 g/mol. The van der Waals surface area contributed by atoms with E-state index >= 15 is 0 Å². The molecule has 2 fully saturated rings. The van der Waals surface area contributed by atoms with E-state index in [1.54, 1.807) is 0 Å². The van der Waals surface area contributed by atoms with Crippen LogP contribution in [0.2, 0.25) is 0 Å². The van der Waals surface area contributed by atoms with Crippen molar-refractivity contribution in [1.82, 2.24) is 19.6 Å². The van der Waals surface area contributed by atoms with Crippen LogP contribution in [0.5, 0.6) is 0 Å². The summed E-state index contributed by atoms with van der Waals surface area (Å²) in [5.41, 5.74) is 4.62. The van der Waals surface area contributed by atoms with Crippen molar-refractivity contribution in [2.24, 2.45) is 0 Å². The SMILES string of the molecule is COC(=O)CCc1c(C)nn(-c2ccc(C(=O)N3CCC(N4CCCC4)C3)cc2)c1C. The largest absolute Gasteiger partial charge is 0.469 e. The van der Waals surface area contributed by atoms with E-state index in [9.17, 15) is 9.59 Å². The van der Waals surface area contributed by atoms with Gasteiger partial charge < -0.3 is 9.64 Å². The first-order chi connectivity index (χ1) is 15.0. The predicted molar refractivity (Wildman–Crippen MR) is 118 cm³/mol. The maximum atomic E-state index is 13.0. The summed E-state index contributed by atoms with van der Waals surface area (Å²) in [6, 6.07) is 8.20. The van der Waals surface area contributed by atoms with Crippen LogP contribution in [0.3, 0.4) is 0 Å². The third kappa shape index (κ3) is 4.51. The van der Waals surface area contributed by atoms with E-state index in [4.69, 9.17) is 4.74 Å². The lowest BCUT2D eigenvalue weighted by Crippen LogP contribution is -2.37. The van der Waals surface area contributed by atoms with E-state index in [0.717, 1.165) is 47.7 Å². The number of nitrogens with zero attached hydrogens (tertiary/aromatic N) is 4. The van der Waals surface area contributed by atoms with Gasteiger partial charge in [0, 0.05) is 36.8 Å². The quantitative estimate of drug-likeness (QED) is 0.667. The molecule has 7 heteroatoms. The molecule has 1 atom stereocenters. The number of ether oxygens (including phenoxy) is 1. The Morgan fingerprint density at radius 3 is 2.48 bits per heavy atom. The lowest BCUT2D eigenvalue weighted by Gasteiger charge is -2.23. The number of hydrogen-bond donors (Lipinski definition) is 0. The number of esters is 1. The van der Waals surface area contributed by atoms with Gasteiger partial charge in [-0.25, -0.2) is 4.68 Å². The van der Waals surface area contributed by atoms with Crippen molar-refractivity contribution in [3.05, 3.63) is 46.8 Å². The Bertz CT molecular complexity index is 944. The highest BCUT2D eigenvalue weighted by molar-refractivity contribution is 5.94. The fourth-order valence-corrected chi connectivity index (χ4v) is 4.88. The topological polar surface area (TPSA) is 67.7 Å². The lowest BCUT2D eigenvalue weighted by molar-refractivity contribution is -0.140. The van der Waals surface area contributed by atoms with Gasteiger partial charge in [-0.3, -0.25) is 14.5 Å². The molecule has 166 valence electrons. The number of carbonyl (C=O) groups excluding carboxylic acids is 2. The molecule has 1 aromatic heterocycles. The van der Waals surface area contributed by atoms with Crippen LogP contribution in [0.15, 0.2) is 24.3 Å². The summed E-state index contributed by atoms with van der Waals surface area (Å²) in [5, 5.41) is 4.65. The van der Waals surface area contributed by atoms with Gasteiger partial charge in [-0.05, 0) is 82.4 Å². The molecule has 2 aliphatic heterocycles. The van der Waals surface area contributed by atoms with Crippen LogP contribution in [-0.4, -0.2) is 70.8 Å². The normalized spacial score (nSPS) is 19.2. The third-order valence-electron chi connectivity index (χ3n) is 6.71. The van der Waals surface area contributed by atoms with Crippen molar-refractivity contribution in [2.45, 2.75) is 52.0 Å². The van der Waals surface area contributed by atoms with Crippen LogP contribution >= 0.6 is 0 Å². The molecule has 0 saturated carbocycles. The molecule has 0 aliphatic carbocycles. The summed E-state index contributed by atoms with van der Waals surface area (Å²) in [5.74, 6) is -0.108. The van der Waals surface area contributed by atoms with E-state index in [2.05, 4.69) is 10.00 Å². The molecule has 1 amide bonds. The molecule has 1 unspecified atom stereocenters. The van der Waals surface area contributed by atoms with Gasteiger partial charge in [0.05, 0.1) is 18.5 Å². The van der Waals surface area contributed by atoms with Crippen molar-refractivity contribution in [3.8, 4) is 5.69 Å². The zero-order valence-electron chi connectivity index (χ0n) is 18.8. The van der Waals surface area contributed by atoms with E-state index in [1.165, 1.54) is 33.0 Å². The Labute approximate surface area is 184 Å². The Kier molecular flexibility index (Phi) is 6.41. The highest BCUT2D eigenvalue weighted by Crippen LogP contribution is 2.23. The first-order valence-corrected chi connectivity index (χ1v) is 11.2. The standard InChI is InChI=1S/C24H32N4O3/c1-17-22(10-11-23(29)31-3)18(2)28(25-17)20-8-6-19(7-9-20)24(30)27-15-12-21(16-27)26-13-4-5-14-26/h6-9,21H,4-5,10-16H2,1-3H3. The summed E-state index contributed by atoms with van der Waals surface area (Å²) in [6.45, 7) is 7.98. The molecule has 2 saturated heterocycles. The van der Waals surface area contributed by atoms with Crippen LogP contribution in [0.4, 0.5) is 0 Å². The van der Waals surface area contributed by atoms with E-state index in [1.807, 2.05) is 47.7 Å². The highest BCUT2D eigenvalue weighted by Gasteiger charge is 2.31. The van der Waals surface area contributed by atoms with Gasteiger partial charge in [-0.2, -0.15) is 5.10 Å². The predicted octanol–water partition coefficient (Wildman–Crippen LogP) is 2.91. The number of aryl methyl sites for hydroxylation is 1. The second kappa shape index (κ2) is 9.22. The minimum Gasteiger partial charge on any atom is -0.469 e. The summed E-state index contributed by atoms with van der Waals surface area (Å²) in [6.07, 6.45) is 4.58. The van der Waals surface area contributed by atoms with Crippen LogP contribution in [0.1, 0.15) is 53.0 Å². The lowest BCUT2D eigenvalue weighted by atomic mass is 10.1. The van der Waals surface area contributed by atoms with Gasteiger partial charge in [-0.15, -0.1) is 0 Å². The van der Waals surface area contributed by atoms with Crippen LogP contribution in [0.25, 0.3) is 5.69 Å². The Hall–Kier alpha value is -2.67. The minimum absolute atomic E-state index is 0.111. The molecule has 0 spiro atoms. The number of amides is 1. The molecular formula is C24H32N4O3. The second-order valence-electron chi connectivity index (χ2n) is 8.62. The molecule has 3 heterocycles. The molecular weight excluding hydrogens is 392 g/mol. The third-order valence-corrected chi connectivity index (χ3v) is 6.71. The van der Waals surface area contributed by atoms with Crippen molar-refractivity contribution >= 4 is 11.9 Å². The van der Waals surface area contributed by atoms with Gasteiger partial charge in [0.2, 0.25) is 0 Å². The molecule has 7 nitrogen and oxygen atoms in total.